The first-order chi connectivity index (χ1) is 9.00. The zero-order valence-electron chi connectivity index (χ0n) is 11.2. The predicted octanol–water partition coefficient (Wildman–Crippen LogP) is 0.539. The Bertz CT molecular complexity index is 403. The molecule has 1 aromatic heterocycles. The highest BCUT2D eigenvalue weighted by Crippen LogP contribution is 2.09. The van der Waals surface area contributed by atoms with E-state index in [1.807, 2.05) is 13.8 Å². The lowest BCUT2D eigenvalue weighted by atomic mass is 9.96. The number of rotatable bonds is 7. The van der Waals surface area contributed by atoms with Gasteiger partial charge >= 0.3 is 12.0 Å². The van der Waals surface area contributed by atoms with Gasteiger partial charge in [0.2, 0.25) is 0 Å². The molecular formula is C12H20N4O3. The van der Waals surface area contributed by atoms with E-state index in [4.69, 9.17) is 5.11 Å². The van der Waals surface area contributed by atoms with Gasteiger partial charge < -0.3 is 15.7 Å². The topological polar surface area (TPSA) is 96.3 Å². The summed E-state index contributed by atoms with van der Waals surface area (Å²) in [5, 5.41) is 18.2. The number of carbonyl (C=O) groups is 2. The molecule has 0 fully saturated rings. The minimum Gasteiger partial charge on any atom is -0.481 e. The van der Waals surface area contributed by atoms with Crippen molar-refractivity contribution < 1.29 is 14.7 Å². The van der Waals surface area contributed by atoms with Gasteiger partial charge in [-0.05, 0) is 12.0 Å². The Morgan fingerprint density at radius 3 is 2.63 bits per heavy atom. The summed E-state index contributed by atoms with van der Waals surface area (Å²) in [5.74, 6) is -1.49. The molecule has 0 aliphatic carbocycles. The first-order valence-electron chi connectivity index (χ1n) is 6.22. The lowest BCUT2D eigenvalue weighted by Gasteiger charge is -2.16. The average molecular weight is 268 g/mol. The highest BCUT2D eigenvalue weighted by Gasteiger charge is 2.21. The molecule has 1 atom stereocenters. The van der Waals surface area contributed by atoms with Gasteiger partial charge in [0.15, 0.2) is 0 Å². The molecule has 1 aromatic rings. The summed E-state index contributed by atoms with van der Waals surface area (Å²) in [5.41, 5.74) is 0. The molecule has 1 rings (SSSR count). The fourth-order valence-corrected chi connectivity index (χ4v) is 1.59. The molecule has 2 amide bonds. The number of nitrogens with one attached hydrogen (secondary N) is 2. The number of nitrogens with zero attached hydrogens (tertiary/aromatic N) is 2. The summed E-state index contributed by atoms with van der Waals surface area (Å²) in [6, 6.07) is 1.44. The van der Waals surface area contributed by atoms with E-state index in [1.54, 1.807) is 23.1 Å². The quantitative estimate of drug-likeness (QED) is 0.672. The van der Waals surface area contributed by atoms with Gasteiger partial charge in [-0.15, -0.1) is 0 Å². The van der Waals surface area contributed by atoms with Gasteiger partial charge in [0.05, 0.1) is 12.5 Å². The molecule has 3 N–H and O–H groups in total. The standard InChI is InChI=1S/C12H20N4O3/c1-9(2)10(11(17)18)8-14-12(19)13-5-7-16-6-3-4-15-16/h3-4,6,9-10H,5,7-8H2,1-2H3,(H,17,18)(H2,13,14,19). The molecule has 0 bridgehead atoms. The van der Waals surface area contributed by atoms with Gasteiger partial charge in [0, 0.05) is 25.5 Å². The molecule has 0 radical (unpaired) electrons. The van der Waals surface area contributed by atoms with E-state index in [1.165, 1.54) is 0 Å². The van der Waals surface area contributed by atoms with Crippen molar-refractivity contribution in [3.05, 3.63) is 18.5 Å². The van der Waals surface area contributed by atoms with Crippen molar-refractivity contribution in [3.8, 4) is 0 Å². The number of aromatic nitrogens is 2. The summed E-state index contributed by atoms with van der Waals surface area (Å²) >= 11 is 0. The van der Waals surface area contributed by atoms with Crippen LogP contribution in [0, 0.1) is 11.8 Å². The number of hydrogen-bond acceptors (Lipinski definition) is 3. The van der Waals surface area contributed by atoms with E-state index in [-0.39, 0.29) is 18.5 Å². The van der Waals surface area contributed by atoms with Crippen LogP contribution in [0.15, 0.2) is 18.5 Å². The number of carboxylic acid groups (broad SMARTS) is 1. The number of carboxylic acids is 1. The van der Waals surface area contributed by atoms with Gasteiger partial charge in [-0.1, -0.05) is 13.8 Å². The number of hydrogen-bond donors (Lipinski definition) is 3. The predicted molar refractivity (Wildman–Crippen MR) is 69.6 cm³/mol. The van der Waals surface area contributed by atoms with E-state index in [9.17, 15) is 9.59 Å². The fraction of sp³-hybridized carbons (Fsp3) is 0.583. The van der Waals surface area contributed by atoms with E-state index in [2.05, 4.69) is 15.7 Å². The second-order valence-electron chi connectivity index (χ2n) is 4.59. The molecule has 0 saturated heterocycles. The molecule has 106 valence electrons. The van der Waals surface area contributed by atoms with Gasteiger partial charge in [0.25, 0.3) is 0 Å². The van der Waals surface area contributed by atoms with Crippen LogP contribution in [-0.2, 0) is 11.3 Å². The third kappa shape index (κ3) is 5.41. The van der Waals surface area contributed by atoms with E-state index < -0.39 is 11.9 Å². The Balaban J connectivity index is 2.22. The average Bonchev–Trinajstić information content (AvgIpc) is 2.81. The molecule has 0 spiro atoms. The first-order valence-corrected chi connectivity index (χ1v) is 6.22. The van der Waals surface area contributed by atoms with Crippen molar-refractivity contribution in [2.24, 2.45) is 11.8 Å². The van der Waals surface area contributed by atoms with Crippen molar-refractivity contribution in [3.63, 3.8) is 0 Å². The molecular weight excluding hydrogens is 248 g/mol. The zero-order chi connectivity index (χ0) is 14.3. The highest BCUT2D eigenvalue weighted by molar-refractivity contribution is 5.75. The monoisotopic (exact) mass is 268 g/mol. The summed E-state index contributed by atoms with van der Waals surface area (Å²) in [6.07, 6.45) is 3.47. The van der Waals surface area contributed by atoms with Crippen molar-refractivity contribution in [1.82, 2.24) is 20.4 Å². The molecule has 7 heteroatoms. The number of amides is 2. The number of carbonyl (C=O) groups excluding carboxylic acids is 1. The van der Waals surface area contributed by atoms with Crippen LogP contribution in [0.5, 0.6) is 0 Å². The van der Waals surface area contributed by atoms with Crippen LogP contribution in [0.25, 0.3) is 0 Å². The van der Waals surface area contributed by atoms with Crippen molar-refractivity contribution >= 4 is 12.0 Å². The first kappa shape index (κ1) is 15.0. The Labute approximate surface area is 112 Å². The van der Waals surface area contributed by atoms with Crippen LogP contribution < -0.4 is 10.6 Å². The lowest BCUT2D eigenvalue weighted by Crippen LogP contribution is -2.42. The third-order valence-corrected chi connectivity index (χ3v) is 2.79. The van der Waals surface area contributed by atoms with Crippen LogP contribution in [0.2, 0.25) is 0 Å². The minimum absolute atomic E-state index is 0.0260. The maximum absolute atomic E-state index is 11.5. The molecule has 1 heterocycles. The van der Waals surface area contributed by atoms with Gasteiger partial charge in [-0.3, -0.25) is 9.48 Å². The second-order valence-corrected chi connectivity index (χ2v) is 4.59. The van der Waals surface area contributed by atoms with Crippen LogP contribution in [0.3, 0.4) is 0 Å². The smallest absolute Gasteiger partial charge is 0.314 e. The van der Waals surface area contributed by atoms with Gasteiger partial charge in [-0.2, -0.15) is 5.10 Å². The van der Waals surface area contributed by atoms with Crippen LogP contribution >= 0.6 is 0 Å². The van der Waals surface area contributed by atoms with Crippen molar-refractivity contribution in [2.75, 3.05) is 13.1 Å². The number of aliphatic carboxylic acids is 1. The molecule has 0 aliphatic rings. The minimum atomic E-state index is -0.896. The summed E-state index contributed by atoms with van der Waals surface area (Å²) < 4.78 is 1.70. The molecule has 1 unspecified atom stereocenters. The highest BCUT2D eigenvalue weighted by atomic mass is 16.4. The molecule has 19 heavy (non-hydrogen) atoms. The van der Waals surface area contributed by atoms with Crippen LogP contribution in [-0.4, -0.2) is 40.0 Å². The Morgan fingerprint density at radius 2 is 2.11 bits per heavy atom. The number of urea groups is 1. The maximum Gasteiger partial charge on any atom is 0.314 e. The van der Waals surface area contributed by atoms with E-state index in [0.717, 1.165) is 0 Å². The Kier molecular flexibility index (Phi) is 5.84. The summed E-state index contributed by atoms with van der Waals surface area (Å²) in [6.45, 7) is 4.77. The van der Waals surface area contributed by atoms with Gasteiger partial charge in [-0.25, -0.2) is 4.79 Å². The third-order valence-electron chi connectivity index (χ3n) is 2.79. The zero-order valence-corrected chi connectivity index (χ0v) is 11.2. The Morgan fingerprint density at radius 1 is 1.37 bits per heavy atom. The lowest BCUT2D eigenvalue weighted by molar-refractivity contribution is -0.142. The van der Waals surface area contributed by atoms with Crippen LogP contribution in [0.4, 0.5) is 4.79 Å². The van der Waals surface area contributed by atoms with Crippen molar-refractivity contribution in [2.45, 2.75) is 20.4 Å². The largest absolute Gasteiger partial charge is 0.481 e. The van der Waals surface area contributed by atoms with Crippen LogP contribution in [0.1, 0.15) is 13.8 Å². The van der Waals surface area contributed by atoms with E-state index in [0.29, 0.717) is 13.1 Å². The molecule has 7 nitrogen and oxygen atoms in total. The normalized spacial score (nSPS) is 12.2. The molecule has 0 aliphatic heterocycles. The molecule has 0 saturated carbocycles. The summed E-state index contributed by atoms with van der Waals surface area (Å²) in [4.78, 5) is 22.4. The molecule has 0 aromatic carbocycles. The Hall–Kier alpha value is -2.05. The SMILES string of the molecule is CC(C)C(CNC(=O)NCCn1cccn1)C(=O)O. The van der Waals surface area contributed by atoms with Crippen molar-refractivity contribution in [1.29, 1.82) is 0 Å². The van der Waals surface area contributed by atoms with Gasteiger partial charge in [0.1, 0.15) is 0 Å². The van der Waals surface area contributed by atoms with E-state index >= 15 is 0 Å². The fourth-order valence-electron chi connectivity index (χ4n) is 1.59. The summed E-state index contributed by atoms with van der Waals surface area (Å²) in [7, 11) is 0. The maximum atomic E-state index is 11.5. The second kappa shape index (κ2) is 7.40.